The molecular formula is C17H16F3N3O5. The van der Waals surface area contributed by atoms with E-state index in [0.29, 0.717) is 19.4 Å². The quantitative estimate of drug-likeness (QED) is 0.793. The van der Waals surface area contributed by atoms with E-state index in [1.54, 1.807) is 0 Å². The van der Waals surface area contributed by atoms with Gasteiger partial charge in [-0.05, 0) is 25.0 Å². The Labute approximate surface area is 156 Å². The van der Waals surface area contributed by atoms with Crippen LogP contribution in [0, 0.1) is 5.92 Å². The number of carboxylic acids is 1. The van der Waals surface area contributed by atoms with Gasteiger partial charge in [0.2, 0.25) is 5.82 Å². The van der Waals surface area contributed by atoms with Gasteiger partial charge in [-0.15, -0.1) is 0 Å². The van der Waals surface area contributed by atoms with E-state index >= 15 is 0 Å². The largest absolute Gasteiger partial charge is 0.480 e. The maximum atomic E-state index is 12.5. The lowest BCUT2D eigenvalue weighted by atomic mass is 9.93. The molecule has 0 aliphatic carbocycles. The van der Waals surface area contributed by atoms with Crippen molar-refractivity contribution in [2.75, 3.05) is 13.2 Å². The lowest BCUT2D eigenvalue weighted by Crippen LogP contribution is -2.48. The van der Waals surface area contributed by atoms with Gasteiger partial charge in [0.05, 0.1) is 6.61 Å². The first-order valence-electron chi connectivity index (χ1n) is 8.38. The van der Waals surface area contributed by atoms with Crippen LogP contribution >= 0.6 is 0 Å². The van der Waals surface area contributed by atoms with E-state index in [4.69, 9.17) is 4.74 Å². The van der Waals surface area contributed by atoms with Crippen molar-refractivity contribution in [1.82, 2.24) is 15.5 Å². The van der Waals surface area contributed by atoms with Crippen LogP contribution in [0.4, 0.5) is 13.2 Å². The predicted molar refractivity (Wildman–Crippen MR) is 87.2 cm³/mol. The minimum absolute atomic E-state index is 0.145. The number of alkyl halides is 3. The number of nitrogens with one attached hydrogen (secondary N) is 1. The Hall–Kier alpha value is -2.95. The summed E-state index contributed by atoms with van der Waals surface area (Å²) in [7, 11) is 0. The number of carbonyl (C=O) groups excluding carboxylic acids is 1. The molecule has 1 amide bonds. The van der Waals surface area contributed by atoms with Gasteiger partial charge in [-0.25, -0.2) is 4.79 Å². The van der Waals surface area contributed by atoms with Crippen LogP contribution < -0.4 is 5.32 Å². The number of ether oxygens (including phenoxy) is 1. The van der Waals surface area contributed by atoms with Crippen molar-refractivity contribution in [3.63, 3.8) is 0 Å². The van der Waals surface area contributed by atoms with Gasteiger partial charge in [-0.1, -0.05) is 17.3 Å². The summed E-state index contributed by atoms with van der Waals surface area (Å²) in [5.41, 5.74) is 0.359. The Morgan fingerprint density at radius 2 is 1.96 bits per heavy atom. The molecule has 11 heteroatoms. The SMILES string of the molecule is O=C(NC(C(=O)O)C1CCCOC1)c1ccc(-c2noc(C(F)(F)F)n2)cc1. The fourth-order valence-corrected chi connectivity index (χ4v) is 2.86. The molecule has 3 rings (SSSR count). The Balaban J connectivity index is 1.70. The molecule has 1 saturated heterocycles. The first-order chi connectivity index (χ1) is 13.3. The van der Waals surface area contributed by atoms with Crippen LogP contribution in [-0.2, 0) is 15.7 Å². The third kappa shape index (κ3) is 4.47. The average Bonchev–Trinajstić information content (AvgIpc) is 3.17. The third-order valence-corrected chi connectivity index (χ3v) is 4.29. The molecule has 2 N–H and O–H groups in total. The van der Waals surface area contributed by atoms with Gasteiger partial charge in [0.1, 0.15) is 6.04 Å². The molecule has 28 heavy (non-hydrogen) atoms. The lowest BCUT2D eigenvalue weighted by Gasteiger charge is -2.28. The highest BCUT2D eigenvalue weighted by Gasteiger charge is 2.38. The molecule has 0 radical (unpaired) electrons. The smallest absolute Gasteiger partial charge is 0.471 e. The van der Waals surface area contributed by atoms with Crippen LogP contribution in [0.3, 0.4) is 0 Å². The molecule has 2 unspecified atom stereocenters. The van der Waals surface area contributed by atoms with E-state index in [1.807, 2.05) is 0 Å². The fraction of sp³-hybridized carbons (Fsp3) is 0.412. The van der Waals surface area contributed by atoms with Gasteiger partial charge in [0.15, 0.2) is 0 Å². The van der Waals surface area contributed by atoms with Crippen LogP contribution in [0.25, 0.3) is 11.4 Å². The molecule has 1 aromatic carbocycles. The molecule has 8 nitrogen and oxygen atoms in total. The molecule has 0 saturated carbocycles. The Bertz CT molecular complexity index is 844. The maximum Gasteiger partial charge on any atom is 0.471 e. The molecule has 0 spiro atoms. The van der Waals surface area contributed by atoms with Crippen LogP contribution in [0.15, 0.2) is 28.8 Å². The summed E-state index contributed by atoms with van der Waals surface area (Å²) >= 11 is 0. The number of aliphatic carboxylic acids is 1. The lowest BCUT2D eigenvalue weighted by molar-refractivity contribution is -0.159. The van der Waals surface area contributed by atoms with Gasteiger partial charge in [0.25, 0.3) is 5.91 Å². The Kier molecular flexibility index (Phi) is 5.63. The molecule has 2 aromatic rings. The van der Waals surface area contributed by atoms with Gasteiger partial charge in [0, 0.05) is 23.7 Å². The van der Waals surface area contributed by atoms with Gasteiger partial charge >= 0.3 is 18.0 Å². The number of halogens is 3. The van der Waals surface area contributed by atoms with Crippen LogP contribution in [-0.4, -0.2) is 46.4 Å². The fourth-order valence-electron chi connectivity index (χ4n) is 2.86. The number of hydrogen-bond acceptors (Lipinski definition) is 6. The summed E-state index contributed by atoms with van der Waals surface area (Å²) < 4.78 is 47.0. The zero-order valence-corrected chi connectivity index (χ0v) is 14.4. The number of amides is 1. The molecule has 150 valence electrons. The van der Waals surface area contributed by atoms with E-state index in [2.05, 4.69) is 20.0 Å². The molecule has 0 bridgehead atoms. The highest BCUT2D eigenvalue weighted by atomic mass is 19.4. The summed E-state index contributed by atoms with van der Waals surface area (Å²) in [5.74, 6) is -3.86. The second kappa shape index (κ2) is 7.97. The zero-order chi connectivity index (χ0) is 20.3. The number of benzene rings is 1. The highest BCUT2D eigenvalue weighted by molar-refractivity contribution is 5.97. The number of nitrogens with zero attached hydrogens (tertiary/aromatic N) is 2. The number of carboxylic acid groups (broad SMARTS) is 1. The molecule has 1 aromatic heterocycles. The summed E-state index contributed by atoms with van der Waals surface area (Å²) in [6.07, 6.45) is -3.42. The van der Waals surface area contributed by atoms with E-state index in [-0.39, 0.29) is 29.5 Å². The van der Waals surface area contributed by atoms with Crippen molar-refractivity contribution in [1.29, 1.82) is 0 Å². The first-order valence-corrected chi connectivity index (χ1v) is 8.38. The van der Waals surface area contributed by atoms with E-state index in [0.717, 1.165) is 0 Å². The van der Waals surface area contributed by atoms with Crippen LogP contribution in [0.5, 0.6) is 0 Å². The number of aromatic nitrogens is 2. The van der Waals surface area contributed by atoms with Crippen molar-refractivity contribution in [2.45, 2.75) is 25.1 Å². The van der Waals surface area contributed by atoms with E-state index in [9.17, 15) is 27.9 Å². The van der Waals surface area contributed by atoms with Crippen molar-refractivity contribution in [3.05, 3.63) is 35.7 Å². The highest BCUT2D eigenvalue weighted by Crippen LogP contribution is 2.29. The van der Waals surface area contributed by atoms with E-state index in [1.165, 1.54) is 24.3 Å². The van der Waals surface area contributed by atoms with Crippen molar-refractivity contribution < 1.29 is 37.1 Å². The van der Waals surface area contributed by atoms with Crippen molar-refractivity contribution in [2.24, 2.45) is 5.92 Å². The first kappa shape index (κ1) is 19.8. The molecule has 2 atom stereocenters. The maximum absolute atomic E-state index is 12.5. The number of hydrogen-bond donors (Lipinski definition) is 2. The van der Waals surface area contributed by atoms with Gasteiger partial charge in [-0.3, -0.25) is 4.79 Å². The number of rotatable bonds is 5. The standard InChI is InChI=1S/C17H16F3N3O5/c18-17(19,20)16-22-13(23-28-16)9-3-5-10(6-4-9)14(24)21-12(15(25)26)11-2-1-7-27-8-11/h3-6,11-12H,1-2,7-8H2,(H,21,24)(H,25,26). The van der Waals surface area contributed by atoms with Gasteiger partial charge in [-0.2, -0.15) is 18.2 Å². The normalized spacial score (nSPS) is 18.5. The molecule has 1 aliphatic heterocycles. The minimum atomic E-state index is -4.75. The zero-order valence-electron chi connectivity index (χ0n) is 14.4. The summed E-state index contributed by atoms with van der Waals surface area (Å²) in [5, 5.41) is 15.1. The third-order valence-electron chi connectivity index (χ3n) is 4.29. The minimum Gasteiger partial charge on any atom is -0.480 e. The second-order valence-corrected chi connectivity index (χ2v) is 6.26. The van der Waals surface area contributed by atoms with Gasteiger partial charge < -0.3 is 19.7 Å². The summed E-state index contributed by atoms with van der Waals surface area (Å²) in [4.78, 5) is 27.1. The molecule has 2 heterocycles. The van der Waals surface area contributed by atoms with Crippen molar-refractivity contribution >= 4 is 11.9 Å². The predicted octanol–water partition coefficient (Wildman–Crippen LogP) is 2.37. The van der Waals surface area contributed by atoms with E-state index < -0.39 is 30.0 Å². The Morgan fingerprint density at radius 1 is 1.25 bits per heavy atom. The molecule has 1 fully saturated rings. The topological polar surface area (TPSA) is 115 Å². The number of carbonyl (C=O) groups is 2. The van der Waals surface area contributed by atoms with Crippen LogP contribution in [0.2, 0.25) is 0 Å². The molecular weight excluding hydrogens is 383 g/mol. The second-order valence-electron chi connectivity index (χ2n) is 6.26. The molecule has 1 aliphatic rings. The average molecular weight is 399 g/mol. The Morgan fingerprint density at radius 3 is 2.50 bits per heavy atom. The van der Waals surface area contributed by atoms with Crippen molar-refractivity contribution in [3.8, 4) is 11.4 Å². The monoisotopic (exact) mass is 399 g/mol. The summed E-state index contributed by atoms with van der Waals surface area (Å²) in [6, 6.07) is 4.27. The van der Waals surface area contributed by atoms with Crippen LogP contribution in [0.1, 0.15) is 29.1 Å². The summed E-state index contributed by atoms with van der Waals surface area (Å²) in [6.45, 7) is 0.805.